The van der Waals surface area contributed by atoms with Gasteiger partial charge >= 0.3 is 0 Å². The van der Waals surface area contributed by atoms with E-state index in [-0.39, 0.29) is 12.1 Å². The minimum atomic E-state index is -0.812. The van der Waals surface area contributed by atoms with E-state index in [4.69, 9.17) is 15.6 Å². The Balaban J connectivity index is 2.49. The van der Waals surface area contributed by atoms with E-state index in [1.165, 1.54) is 0 Å². The molecule has 1 saturated heterocycles. The molecular formula is C6H13NO3. The maximum Gasteiger partial charge on any atom is 0.156 e. The minimum Gasteiger partial charge on any atom is -0.389 e. The van der Waals surface area contributed by atoms with Crippen molar-refractivity contribution in [2.24, 2.45) is 5.73 Å². The third-order valence-corrected chi connectivity index (χ3v) is 1.77. The van der Waals surface area contributed by atoms with E-state index >= 15 is 0 Å². The van der Waals surface area contributed by atoms with Gasteiger partial charge in [0, 0.05) is 12.5 Å². The molecule has 1 heterocycles. The first kappa shape index (κ1) is 7.94. The largest absolute Gasteiger partial charge is 0.389 e. The van der Waals surface area contributed by atoms with Crippen molar-refractivity contribution in [1.29, 1.82) is 0 Å². The first-order valence-electron chi connectivity index (χ1n) is 3.38. The molecule has 0 spiro atoms. The van der Waals surface area contributed by atoms with Crippen LogP contribution in [0.2, 0.25) is 0 Å². The van der Waals surface area contributed by atoms with Crippen LogP contribution >= 0.6 is 0 Å². The summed E-state index contributed by atoms with van der Waals surface area (Å²) in [6.07, 6.45) is -1.51. The Hall–Kier alpha value is -0.160. The molecule has 1 rings (SSSR count). The first-order chi connectivity index (χ1) is 4.61. The highest BCUT2D eigenvalue weighted by Gasteiger charge is 2.31. The maximum atomic E-state index is 9.20. The number of rotatable bonds is 0. The lowest BCUT2D eigenvalue weighted by Crippen LogP contribution is -2.51. The summed E-state index contributed by atoms with van der Waals surface area (Å²) < 4.78 is 4.89. The summed E-state index contributed by atoms with van der Waals surface area (Å²) in [7, 11) is 0. The molecule has 0 amide bonds. The van der Waals surface area contributed by atoms with Gasteiger partial charge < -0.3 is 20.7 Å². The molecule has 4 nitrogen and oxygen atoms in total. The van der Waals surface area contributed by atoms with E-state index in [2.05, 4.69) is 0 Å². The summed E-state index contributed by atoms with van der Waals surface area (Å²) in [5.41, 5.74) is 5.47. The molecule has 0 saturated carbocycles. The molecule has 4 N–H and O–H groups in total. The van der Waals surface area contributed by atoms with Crippen molar-refractivity contribution in [3.8, 4) is 0 Å². The second-order valence-electron chi connectivity index (χ2n) is 2.69. The van der Waals surface area contributed by atoms with Crippen LogP contribution in [0.1, 0.15) is 13.3 Å². The van der Waals surface area contributed by atoms with E-state index < -0.39 is 12.4 Å². The van der Waals surface area contributed by atoms with Gasteiger partial charge in [0.1, 0.15) is 0 Å². The maximum absolute atomic E-state index is 9.20. The lowest BCUT2D eigenvalue weighted by molar-refractivity contribution is -0.198. The fourth-order valence-electron chi connectivity index (χ4n) is 1.10. The predicted molar refractivity (Wildman–Crippen MR) is 35.2 cm³/mol. The molecule has 0 aliphatic carbocycles. The van der Waals surface area contributed by atoms with Crippen molar-refractivity contribution in [2.45, 2.75) is 37.9 Å². The van der Waals surface area contributed by atoms with Crippen molar-refractivity contribution in [3.63, 3.8) is 0 Å². The molecule has 1 aliphatic rings. The zero-order valence-electron chi connectivity index (χ0n) is 5.90. The van der Waals surface area contributed by atoms with Gasteiger partial charge in [-0.3, -0.25) is 0 Å². The van der Waals surface area contributed by atoms with Gasteiger partial charge in [0.05, 0.1) is 12.2 Å². The Morgan fingerprint density at radius 2 is 2.10 bits per heavy atom. The average molecular weight is 147 g/mol. The summed E-state index contributed by atoms with van der Waals surface area (Å²) in [5.74, 6) is 0. The van der Waals surface area contributed by atoms with Gasteiger partial charge in [-0.15, -0.1) is 0 Å². The van der Waals surface area contributed by atoms with E-state index in [9.17, 15) is 5.11 Å². The monoisotopic (exact) mass is 147 g/mol. The normalized spacial score (nSPS) is 49.2. The SMILES string of the molecule is C[C@@H]1O[C@H](O)CC(N)[C@H]1O. The first-order valence-corrected chi connectivity index (χ1v) is 3.38. The van der Waals surface area contributed by atoms with Crippen LogP contribution in [0.5, 0.6) is 0 Å². The third kappa shape index (κ3) is 1.46. The molecule has 0 bridgehead atoms. The Morgan fingerprint density at radius 1 is 1.50 bits per heavy atom. The van der Waals surface area contributed by atoms with Crippen LogP contribution in [-0.2, 0) is 4.74 Å². The Bertz CT molecular complexity index is 108. The summed E-state index contributed by atoms with van der Waals surface area (Å²) in [5, 5.41) is 18.2. The molecule has 1 unspecified atom stereocenters. The van der Waals surface area contributed by atoms with Crippen molar-refractivity contribution in [3.05, 3.63) is 0 Å². The summed E-state index contributed by atoms with van der Waals surface area (Å²) in [6.45, 7) is 1.69. The highest BCUT2D eigenvalue weighted by molar-refractivity contribution is 4.82. The standard InChI is InChI=1S/C6H13NO3/c1-3-6(9)4(7)2-5(8)10-3/h3-6,8-9H,2,7H2,1H3/t3-,4?,5-,6-/m0/s1. The number of hydrogen-bond acceptors (Lipinski definition) is 4. The number of hydrogen-bond donors (Lipinski definition) is 3. The van der Waals surface area contributed by atoms with Crippen LogP contribution in [-0.4, -0.2) is 34.8 Å². The second kappa shape index (κ2) is 2.84. The molecule has 10 heavy (non-hydrogen) atoms. The Morgan fingerprint density at radius 3 is 2.60 bits per heavy atom. The molecule has 0 aromatic rings. The van der Waals surface area contributed by atoms with Gasteiger partial charge in [-0.25, -0.2) is 0 Å². The van der Waals surface area contributed by atoms with Gasteiger partial charge in [-0.1, -0.05) is 0 Å². The van der Waals surface area contributed by atoms with Crippen LogP contribution in [0.15, 0.2) is 0 Å². The van der Waals surface area contributed by atoms with E-state index in [1.807, 2.05) is 0 Å². The molecular weight excluding hydrogens is 134 g/mol. The van der Waals surface area contributed by atoms with Gasteiger partial charge in [-0.05, 0) is 6.92 Å². The van der Waals surface area contributed by atoms with Crippen molar-refractivity contribution < 1.29 is 14.9 Å². The fraction of sp³-hybridized carbons (Fsp3) is 1.00. The van der Waals surface area contributed by atoms with Crippen molar-refractivity contribution in [1.82, 2.24) is 0 Å². The topological polar surface area (TPSA) is 75.7 Å². The fourth-order valence-corrected chi connectivity index (χ4v) is 1.10. The number of ether oxygens (including phenoxy) is 1. The molecule has 0 radical (unpaired) electrons. The summed E-state index contributed by atoms with van der Waals surface area (Å²) in [4.78, 5) is 0. The van der Waals surface area contributed by atoms with Crippen LogP contribution in [0.25, 0.3) is 0 Å². The zero-order chi connectivity index (χ0) is 7.72. The summed E-state index contributed by atoms with van der Waals surface area (Å²) in [6, 6.07) is -0.362. The van der Waals surface area contributed by atoms with Crippen LogP contribution in [0.4, 0.5) is 0 Å². The summed E-state index contributed by atoms with van der Waals surface area (Å²) >= 11 is 0. The number of aliphatic hydroxyl groups is 2. The smallest absolute Gasteiger partial charge is 0.156 e. The molecule has 1 aliphatic heterocycles. The van der Waals surface area contributed by atoms with Crippen molar-refractivity contribution >= 4 is 0 Å². The van der Waals surface area contributed by atoms with Crippen LogP contribution < -0.4 is 5.73 Å². The highest BCUT2D eigenvalue weighted by atomic mass is 16.6. The second-order valence-corrected chi connectivity index (χ2v) is 2.69. The van der Waals surface area contributed by atoms with E-state index in [0.29, 0.717) is 6.42 Å². The van der Waals surface area contributed by atoms with Crippen LogP contribution in [0.3, 0.4) is 0 Å². The van der Waals surface area contributed by atoms with E-state index in [0.717, 1.165) is 0 Å². The third-order valence-electron chi connectivity index (χ3n) is 1.77. The van der Waals surface area contributed by atoms with Gasteiger partial charge in [0.25, 0.3) is 0 Å². The molecule has 60 valence electrons. The molecule has 1 fully saturated rings. The predicted octanol–water partition coefficient (Wildman–Crippen LogP) is -1.20. The van der Waals surface area contributed by atoms with Crippen molar-refractivity contribution in [2.75, 3.05) is 0 Å². The number of nitrogens with two attached hydrogens (primary N) is 1. The Kier molecular flexibility index (Phi) is 2.25. The van der Waals surface area contributed by atoms with E-state index in [1.54, 1.807) is 6.92 Å². The highest BCUT2D eigenvalue weighted by Crippen LogP contribution is 2.16. The number of aliphatic hydroxyl groups excluding tert-OH is 2. The average Bonchev–Trinajstić information content (AvgIpc) is 1.82. The van der Waals surface area contributed by atoms with Gasteiger partial charge in [0.15, 0.2) is 6.29 Å². The zero-order valence-corrected chi connectivity index (χ0v) is 5.90. The lowest BCUT2D eigenvalue weighted by atomic mass is 10.0. The van der Waals surface area contributed by atoms with Gasteiger partial charge in [0.2, 0.25) is 0 Å². The quantitative estimate of drug-likeness (QED) is 0.402. The molecule has 0 aromatic carbocycles. The Labute approximate surface area is 59.6 Å². The van der Waals surface area contributed by atoms with Gasteiger partial charge in [-0.2, -0.15) is 0 Å². The molecule has 4 atom stereocenters. The van der Waals surface area contributed by atoms with Crippen LogP contribution in [0, 0.1) is 0 Å². The lowest BCUT2D eigenvalue weighted by Gasteiger charge is -2.33. The molecule has 4 heteroatoms. The molecule has 0 aromatic heterocycles. The minimum absolute atomic E-state index is 0.311.